The predicted molar refractivity (Wildman–Crippen MR) is 125 cm³/mol. The van der Waals surface area contributed by atoms with Crippen LogP contribution in [0.25, 0.3) is 10.9 Å². The van der Waals surface area contributed by atoms with Crippen molar-refractivity contribution in [2.24, 2.45) is 0 Å². The zero-order valence-electron chi connectivity index (χ0n) is 18.4. The molecule has 0 aliphatic carbocycles. The lowest BCUT2D eigenvalue weighted by atomic mass is 10.2. The summed E-state index contributed by atoms with van der Waals surface area (Å²) < 4.78 is 22.6. The summed E-state index contributed by atoms with van der Waals surface area (Å²) in [4.78, 5) is 30.6. The third kappa shape index (κ3) is 4.42. The minimum atomic E-state index is -0.297. The van der Waals surface area contributed by atoms with Gasteiger partial charge in [-0.3, -0.25) is 14.2 Å². The Bertz CT molecular complexity index is 1430. The average molecular weight is 481 g/mol. The highest BCUT2D eigenvalue weighted by Gasteiger charge is 2.20. The lowest BCUT2D eigenvalue weighted by Crippen LogP contribution is -2.25. The van der Waals surface area contributed by atoms with Crippen LogP contribution in [0.1, 0.15) is 11.3 Å². The average Bonchev–Trinajstić information content (AvgIpc) is 3.47. The number of thioether (sulfide) groups is 1. The second kappa shape index (κ2) is 9.10. The van der Waals surface area contributed by atoms with Crippen LogP contribution in [0.4, 0.5) is 5.82 Å². The first-order chi connectivity index (χ1) is 16.5. The van der Waals surface area contributed by atoms with Crippen molar-refractivity contribution in [1.29, 1.82) is 0 Å². The fourth-order valence-corrected chi connectivity index (χ4v) is 4.29. The van der Waals surface area contributed by atoms with E-state index in [0.717, 1.165) is 23.1 Å². The maximum atomic E-state index is 13.5. The molecule has 1 N–H and O–H groups in total. The molecule has 0 bridgehead atoms. The lowest BCUT2D eigenvalue weighted by Gasteiger charge is -2.14. The third-order valence-corrected chi connectivity index (χ3v) is 6.12. The van der Waals surface area contributed by atoms with Crippen LogP contribution in [0.2, 0.25) is 0 Å². The molecule has 0 spiro atoms. The molecular weight excluding hydrogens is 460 g/mol. The van der Waals surface area contributed by atoms with Gasteiger partial charge in [0, 0.05) is 12.1 Å². The molecule has 11 heteroatoms. The number of methoxy groups -OCH3 is 1. The second-order valence-corrected chi connectivity index (χ2v) is 8.46. The van der Waals surface area contributed by atoms with E-state index in [1.807, 2.05) is 24.3 Å². The number of amides is 1. The minimum Gasteiger partial charge on any atom is -0.497 e. The molecule has 174 valence electrons. The monoisotopic (exact) mass is 480 g/mol. The molecule has 1 aliphatic rings. The first-order valence-electron chi connectivity index (χ1n) is 10.3. The van der Waals surface area contributed by atoms with Gasteiger partial charge < -0.3 is 24.1 Å². The van der Waals surface area contributed by atoms with Crippen LogP contribution < -0.4 is 25.1 Å². The summed E-state index contributed by atoms with van der Waals surface area (Å²) in [6.07, 6.45) is 0. The van der Waals surface area contributed by atoms with Crippen molar-refractivity contribution in [3.05, 3.63) is 64.1 Å². The van der Waals surface area contributed by atoms with Gasteiger partial charge in [-0.25, -0.2) is 4.98 Å². The molecular formula is C23H20N4O6S. The molecule has 0 atom stereocenters. The van der Waals surface area contributed by atoms with E-state index in [0.29, 0.717) is 39.1 Å². The topological polar surface area (TPSA) is 118 Å². The number of carbonyl (C=O) groups is 1. The van der Waals surface area contributed by atoms with Crippen LogP contribution in [-0.2, 0) is 11.3 Å². The Labute approximate surface area is 197 Å². The van der Waals surface area contributed by atoms with Gasteiger partial charge >= 0.3 is 0 Å². The van der Waals surface area contributed by atoms with E-state index in [-0.39, 0.29) is 30.6 Å². The standard InChI is InChI=1S/C23H20N4O6S/c1-13-7-20(26-33-13)25-21(28)11-34-23-24-17-9-19-18(31-12-32-19)8-16(17)22(29)27(23)10-14-3-5-15(30-2)6-4-14/h3-9H,10-12H2,1-2H3,(H,25,26,28). The van der Waals surface area contributed by atoms with E-state index in [9.17, 15) is 9.59 Å². The number of aromatic nitrogens is 3. The van der Waals surface area contributed by atoms with Crippen molar-refractivity contribution >= 4 is 34.4 Å². The summed E-state index contributed by atoms with van der Waals surface area (Å²) in [6, 6.07) is 12.4. The van der Waals surface area contributed by atoms with Crippen LogP contribution in [-0.4, -0.2) is 40.3 Å². The van der Waals surface area contributed by atoms with Crippen molar-refractivity contribution in [2.75, 3.05) is 25.0 Å². The van der Waals surface area contributed by atoms with Gasteiger partial charge in [0.05, 0.1) is 30.3 Å². The Morgan fingerprint density at radius 1 is 1.18 bits per heavy atom. The van der Waals surface area contributed by atoms with Crippen molar-refractivity contribution in [3.63, 3.8) is 0 Å². The number of anilines is 1. The van der Waals surface area contributed by atoms with Crippen LogP contribution in [0.5, 0.6) is 17.2 Å². The zero-order valence-corrected chi connectivity index (χ0v) is 19.2. The van der Waals surface area contributed by atoms with Gasteiger partial charge in [-0.2, -0.15) is 0 Å². The molecule has 34 heavy (non-hydrogen) atoms. The number of ether oxygens (including phenoxy) is 3. The van der Waals surface area contributed by atoms with Crippen molar-refractivity contribution in [2.45, 2.75) is 18.6 Å². The normalized spacial score (nSPS) is 12.2. The molecule has 0 radical (unpaired) electrons. The van der Waals surface area contributed by atoms with Gasteiger partial charge in [0.25, 0.3) is 5.56 Å². The van der Waals surface area contributed by atoms with Gasteiger partial charge in [-0.1, -0.05) is 29.1 Å². The summed E-state index contributed by atoms with van der Waals surface area (Å²) in [7, 11) is 1.59. The van der Waals surface area contributed by atoms with Crippen molar-refractivity contribution in [3.8, 4) is 17.2 Å². The van der Waals surface area contributed by atoms with E-state index < -0.39 is 0 Å². The molecule has 2 aromatic heterocycles. The van der Waals surface area contributed by atoms with Crippen molar-refractivity contribution < 1.29 is 23.5 Å². The Morgan fingerprint density at radius 2 is 1.94 bits per heavy atom. The van der Waals surface area contributed by atoms with Gasteiger partial charge in [0.1, 0.15) is 11.5 Å². The molecule has 0 saturated heterocycles. The molecule has 2 aromatic carbocycles. The lowest BCUT2D eigenvalue weighted by molar-refractivity contribution is -0.113. The molecule has 1 amide bonds. The van der Waals surface area contributed by atoms with Crippen LogP contribution in [0, 0.1) is 6.92 Å². The molecule has 3 heterocycles. The van der Waals surface area contributed by atoms with Crippen LogP contribution >= 0.6 is 11.8 Å². The SMILES string of the molecule is COc1ccc(Cn2c(SCC(=O)Nc3cc(C)on3)nc3cc4c(cc3c2=O)OCO4)cc1. The Morgan fingerprint density at radius 3 is 2.65 bits per heavy atom. The fourth-order valence-electron chi connectivity index (χ4n) is 3.49. The fraction of sp³-hybridized carbons (Fsp3) is 0.217. The number of nitrogens with zero attached hydrogens (tertiary/aromatic N) is 3. The van der Waals surface area contributed by atoms with Gasteiger partial charge in [-0.15, -0.1) is 0 Å². The molecule has 4 aromatic rings. The van der Waals surface area contributed by atoms with Crippen LogP contribution in [0.3, 0.4) is 0 Å². The highest BCUT2D eigenvalue weighted by Crippen LogP contribution is 2.35. The number of carbonyl (C=O) groups excluding carboxylic acids is 1. The summed E-state index contributed by atoms with van der Waals surface area (Å²) in [6.45, 7) is 2.10. The highest BCUT2D eigenvalue weighted by molar-refractivity contribution is 7.99. The summed E-state index contributed by atoms with van der Waals surface area (Å²) >= 11 is 1.16. The maximum absolute atomic E-state index is 13.5. The number of nitrogens with one attached hydrogen (secondary N) is 1. The summed E-state index contributed by atoms with van der Waals surface area (Å²) in [5.41, 5.74) is 1.11. The molecule has 0 unspecified atom stereocenters. The van der Waals surface area contributed by atoms with E-state index in [4.69, 9.17) is 18.7 Å². The Hall–Kier alpha value is -3.99. The molecule has 1 aliphatic heterocycles. The molecule has 5 rings (SSSR count). The van der Waals surface area contributed by atoms with E-state index >= 15 is 0 Å². The minimum absolute atomic E-state index is 0.0248. The third-order valence-electron chi connectivity index (χ3n) is 5.14. The van der Waals surface area contributed by atoms with Gasteiger partial charge in [-0.05, 0) is 30.7 Å². The zero-order chi connectivity index (χ0) is 23.7. The van der Waals surface area contributed by atoms with Crippen LogP contribution in [0.15, 0.2) is 56.9 Å². The quantitative estimate of drug-likeness (QED) is 0.314. The first kappa shape index (κ1) is 21.8. The van der Waals surface area contributed by atoms with Gasteiger partial charge in [0.2, 0.25) is 12.7 Å². The number of hydrogen-bond donors (Lipinski definition) is 1. The predicted octanol–water partition coefficient (Wildman–Crippen LogP) is 3.21. The molecule has 10 nitrogen and oxygen atoms in total. The van der Waals surface area contributed by atoms with Gasteiger partial charge in [0.15, 0.2) is 22.5 Å². The largest absolute Gasteiger partial charge is 0.497 e. The first-order valence-corrected chi connectivity index (χ1v) is 11.3. The number of rotatable bonds is 7. The van der Waals surface area contributed by atoms with E-state index in [2.05, 4.69) is 15.5 Å². The van der Waals surface area contributed by atoms with Crippen molar-refractivity contribution in [1.82, 2.24) is 14.7 Å². The Balaban J connectivity index is 1.48. The number of benzene rings is 2. The highest BCUT2D eigenvalue weighted by atomic mass is 32.2. The summed E-state index contributed by atoms with van der Waals surface area (Å²) in [5.74, 6) is 2.40. The molecule has 0 fully saturated rings. The maximum Gasteiger partial charge on any atom is 0.262 e. The number of hydrogen-bond acceptors (Lipinski definition) is 9. The molecule has 0 saturated carbocycles. The number of aryl methyl sites for hydroxylation is 1. The van der Waals surface area contributed by atoms with E-state index in [1.165, 1.54) is 0 Å². The van der Waals surface area contributed by atoms with E-state index in [1.54, 1.807) is 36.8 Å². The Kier molecular flexibility index (Phi) is 5.84. The smallest absolute Gasteiger partial charge is 0.262 e. The second-order valence-electron chi connectivity index (χ2n) is 7.52. The summed E-state index contributed by atoms with van der Waals surface area (Å²) in [5, 5.41) is 7.24. The number of fused-ring (bicyclic) bond motifs is 2.